The molecule has 0 saturated carbocycles. The fourth-order valence-corrected chi connectivity index (χ4v) is 6.84. The third-order valence-corrected chi connectivity index (χ3v) is 9.94. The molecule has 286 valence electrons. The molecule has 4 aromatic heterocycles. The van der Waals surface area contributed by atoms with E-state index >= 15 is 8.78 Å². The van der Waals surface area contributed by atoms with Crippen LogP contribution < -0.4 is 15.5 Å². The van der Waals surface area contributed by atoms with E-state index in [-0.39, 0.29) is 5.69 Å². The van der Waals surface area contributed by atoms with Crippen molar-refractivity contribution in [2.24, 2.45) is 0 Å². The predicted octanol–water partition coefficient (Wildman–Crippen LogP) is 4.09. The predicted molar refractivity (Wildman–Crippen MR) is 193 cm³/mol. The van der Waals surface area contributed by atoms with Crippen LogP contribution in [0.15, 0.2) is 96.6 Å². The van der Waals surface area contributed by atoms with Gasteiger partial charge in [0.1, 0.15) is 35.8 Å². The van der Waals surface area contributed by atoms with Gasteiger partial charge in [-0.25, -0.2) is 32.5 Å². The minimum atomic E-state index is -4.16. The van der Waals surface area contributed by atoms with E-state index in [1.54, 1.807) is 19.2 Å². The zero-order valence-corrected chi connectivity index (χ0v) is 29.8. The van der Waals surface area contributed by atoms with Gasteiger partial charge in [0.15, 0.2) is 5.60 Å². The van der Waals surface area contributed by atoms with Gasteiger partial charge in [0.05, 0.1) is 30.6 Å². The first kappa shape index (κ1) is 37.3. The van der Waals surface area contributed by atoms with Crippen LogP contribution in [-0.4, -0.2) is 87.0 Å². The number of aliphatic hydroxyl groups is 2. The lowest BCUT2D eigenvalue weighted by molar-refractivity contribution is -0.207. The van der Waals surface area contributed by atoms with Gasteiger partial charge in [0, 0.05) is 55.3 Å². The molecule has 1 fully saturated rings. The normalized spacial score (nSPS) is 15.9. The Labute approximate surface area is 311 Å². The molecule has 3 atom stereocenters. The van der Waals surface area contributed by atoms with E-state index in [1.807, 2.05) is 37.3 Å². The van der Waals surface area contributed by atoms with Crippen molar-refractivity contribution in [3.63, 3.8) is 0 Å². The number of anilines is 2. The Kier molecular flexibility index (Phi) is 10.2. The molecule has 1 saturated heterocycles. The summed E-state index contributed by atoms with van der Waals surface area (Å²) in [4.78, 5) is 25.9. The van der Waals surface area contributed by atoms with Gasteiger partial charge in [0.2, 0.25) is 0 Å². The summed E-state index contributed by atoms with van der Waals surface area (Å²) in [5.74, 6) is -6.09. The maximum Gasteiger partial charge on any atom is 0.351 e. The number of rotatable bonds is 12. The average molecular weight is 760 g/mol. The fraction of sp³-hybridized carbons (Fsp3) is 0.324. The summed E-state index contributed by atoms with van der Waals surface area (Å²) in [6.07, 6.45) is 5.19. The highest BCUT2D eigenvalue weighted by Gasteiger charge is 2.58. The number of hydrogen-bond acceptors (Lipinski definition) is 11. The Morgan fingerprint density at radius 3 is 2.13 bits per heavy atom. The SMILES string of the molecule is CC[C@@H]([C@H](C)O)n1ncn(-c2ccc(N3CCN(c4ccc(-c5ccc(C(F)(F)[C@](O)(Cn6cnnn6)c6ccc(F)cc6F)nc5)cc4)CC3)cn2)c1=O. The zero-order valence-electron chi connectivity index (χ0n) is 29.8. The molecule has 6 aromatic rings. The second kappa shape index (κ2) is 15.0. The molecule has 18 heteroatoms. The monoisotopic (exact) mass is 759 g/mol. The molecule has 7 rings (SSSR count). The summed E-state index contributed by atoms with van der Waals surface area (Å²) in [7, 11) is 0. The zero-order chi connectivity index (χ0) is 38.9. The number of halogens is 4. The summed E-state index contributed by atoms with van der Waals surface area (Å²) < 4.78 is 64.3. The van der Waals surface area contributed by atoms with Crippen LogP contribution in [0, 0.1) is 11.6 Å². The summed E-state index contributed by atoms with van der Waals surface area (Å²) in [6, 6.07) is 15.3. The van der Waals surface area contributed by atoms with Crippen LogP contribution in [0.4, 0.5) is 28.9 Å². The first-order chi connectivity index (χ1) is 26.4. The highest BCUT2D eigenvalue weighted by Crippen LogP contribution is 2.47. The van der Waals surface area contributed by atoms with Gasteiger partial charge < -0.3 is 20.0 Å². The van der Waals surface area contributed by atoms with E-state index in [1.165, 1.54) is 27.8 Å². The molecule has 0 amide bonds. The van der Waals surface area contributed by atoms with Gasteiger partial charge in [-0.15, -0.1) is 5.10 Å². The number of pyridine rings is 2. The number of aromatic nitrogens is 9. The van der Waals surface area contributed by atoms with Gasteiger partial charge in [-0.05, 0) is 71.8 Å². The third kappa shape index (κ3) is 7.17. The van der Waals surface area contributed by atoms with Crippen LogP contribution in [-0.2, 0) is 18.1 Å². The number of tetrazole rings is 1. The number of alkyl halides is 2. The molecular formula is C37H37F4N11O3. The number of nitrogens with zero attached hydrogens (tertiary/aromatic N) is 11. The maximum absolute atomic E-state index is 16.2. The summed E-state index contributed by atoms with van der Waals surface area (Å²) in [5.41, 5.74) is -2.15. The van der Waals surface area contributed by atoms with Crippen molar-refractivity contribution in [1.29, 1.82) is 0 Å². The van der Waals surface area contributed by atoms with Gasteiger partial charge in [-0.3, -0.25) is 4.98 Å². The van der Waals surface area contributed by atoms with Crippen LogP contribution >= 0.6 is 0 Å². The molecule has 2 N–H and O–H groups in total. The Balaban J connectivity index is 1.00. The topological polar surface area (TPSA) is 156 Å². The molecule has 1 aliphatic rings. The van der Waals surface area contributed by atoms with E-state index in [9.17, 15) is 23.8 Å². The van der Waals surface area contributed by atoms with E-state index < -0.39 is 53.1 Å². The van der Waals surface area contributed by atoms with Crippen molar-refractivity contribution in [2.45, 2.75) is 50.5 Å². The van der Waals surface area contributed by atoms with Crippen molar-refractivity contribution in [1.82, 2.24) is 44.5 Å². The lowest BCUT2D eigenvalue weighted by atomic mass is 9.84. The number of aliphatic hydroxyl groups excluding tert-OH is 1. The van der Waals surface area contributed by atoms with Crippen molar-refractivity contribution in [3.05, 3.63) is 125 Å². The summed E-state index contributed by atoms with van der Waals surface area (Å²) in [5, 5.41) is 36.0. The molecule has 55 heavy (non-hydrogen) atoms. The van der Waals surface area contributed by atoms with E-state index in [0.717, 1.165) is 53.7 Å². The van der Waals surface area contributed by atoms with E-state index in [0.29, 0.717) is 42.5 Å². The second-order valence-electron chi connectivity index (χ2n) is 13.3. The number of hydrogen-bond donors (Lipinski definition) is 2. The molecule has 2 aromatic carbocycles. The molecule has 14 nitrogen and oxygen atoms in total. The van der Waals surface area contributed by atoms with E-state index in [4.69, 9.17) is 0 Å². The Morgan fingerprint density at radius 1 is 0.855 bits per heavy atom. The Bertz CT molecular complexity index is 2280. The number of benzene rings is 2. The summed E-state index contributed by atoms with van der Waals surface area (Å²) in [6.45, 7) is 5.44. The minimum absolute atomic E-state index is 0.370. The maximum atomic E-state index is 16.2. The largest absolute Gasteiger partial charge is 0.391 e. The van der Waals surface area contributed by atoms with Gasteiger partial charge in [-0.2, -0.15) is 13.9 Å². The first-order valence-corrected chi connectivity index (χ1v) is 17.5. The van der Waals surface area contributed by atoms with Crippen LogP contribution in [0.1, 0.15) is 37.6 Å². The molecule has 0 aliphatic carbocycles. The van der Waals surface area contributed by atoms with Gasteiger partial charge in [-0.1, -0.05) is 25.1 Å². The highest BCUT2D eigenvalue weighted by molar-refractivity contribution is 5.66. The van der Waals surface area contributed by atoms with Crippen molar-refractivity contribution in [2.75, 3.05) is 36.0 Å². The smallest absolute Gasteiger partial charge is 0.351 e. The van der Waals surface area contributed by atoms with Gasteiger partial charge >= 0.3 is 11.6 Å². The fourth-order valence-electron chi connectivity index (χ4n) is 6.84. The lowest BCUT2D eigenvalue weighted by Crippen LogP contribution is -2.48. The minimum Gasteiger partial charge on any atom is -0.391 e. The number of piperazine rings is 1. The third-order valence-electron chi connectivity index (χ3n) is 9.94. The first-order valence-electron chi connectivity index (χ1n) is 17.5. The molecular weight excluding hydrogens is 722 g/mol. The van der Waals surface area contributed by atoms with Crippen LogP contribution in [0.25, 0.3) is 16.9 Å². The standard InChI is InChI=1S/C37H37F4N11O3/c1-3-32(24(2)53)52-35(54)51(23-45-52)34-13-10-29(20-43-34)49-16-14-48(15-17-49)28-8-4-25(5-9-28)26-6-12-33(42-19-26)37(40,41)36(55,21-50-22-44-46-47-50)30-11-7-27(38)18-31(30)39/h4-13,18-20,22-24,32,53,55H,3,14-17,21H2,1-2H3/t24-,32-,36-/m0/s1. The average Bonchev–Trinajstić information content (AvgIpc) is 3.84. The Morgan fingerprint density at radius 2 is 1.55 bits per heavy atom. The quantitative estimate of drug-likeness (QED) is 0.173. The summed E-state index contributed by atoms with van der Waals surface area (Å²) >= 11 is 0. The van der Waals surface area contributed by atoms with E-state index in [2.05, 4.69) is 40.4 Å². The van der Waals surface area contributed by atoms with Crippen LogP contribution in [0.5, 0.6) is 0 Å². The lowest BCUT2D eigenvalue weighted by Gasteiger charge is -2.37. The molecule has 0 spiro atoms. The van der Waals surface area contributed by atoms with Crippen LogP contribution in [0.3, 0.4) is 0 Å². The molecule has 0 bridgehead atoms. The molecule has 0 radical (unpaired) electrons. The molecule has 5 heterocycles. The second-order valence-corrected chi connectivity index (χ2v) is 13.3. The molecule has 0 unspecified atom stereocenters. The van der Waals surface area contributed by atoms with Crippen LogP contribution in [0.2, 0.25) is 0 Å². The van der Waals surface area contributed by atoms with Crippen molar-refractivity contribution >= 4 is 11.4 Å². The van der Waals surface area contributed by atoms with Gasteiger partial charge in [0.25, 0.3) is 0 Å². The highest BCUT2D eigenvalue weighted by atomic mass is 19.3. The van der Waals surface area contributed by atoms with Crippen molar-refractivity contribution < 1.29 is 27.8 Å². The Hall–Kier alpha value is -6.01. The van der Waals surface area contributed by atoms with Crippen molar-refractivity contribution in [3.8, 4) is 16.9 Å². The molecule has 1 aliphatic heterocycles.